The lowest BCUT2D eigenvalue weighted by Gasteiger charge is -2.34. The number of carbonyl (C=O) groups is 1. The molecule has 2 aliphatic heterocycles. The highest BCUT2D eigenvalue weighted by Crippen LogP contribution is 2.53. The van der Waals surface area contributed by atoms with Crippen molar-refractivity contribution in [3.05, 3.63) is 51.5 Å². The summed E-state index contributed by atoms with van der Waals surface area (Å²) < 4.78 is 11.3. The molecule has 2 aromatic rings. The van der Waals surface area contributed by atoms with E-state index in [4.69, 9.17) is 32.7 Å². The molecule has 2 aromatic carbocycles. The summed E-state index contributed by atoms with van der Waals surface area (Å²) in [5, 5.41) is 13.5. The molecule has 2 aliphatic rings. The molecule has 0 radical (unpaired) electrons. The number of carboxylic acids is 1. The van der Waals surface area contributed by atoms with Gasteiger partial charge in [0.25, 0.3) is 0 Å². The molecule has 24 heavy (non-hydrogen) atoms. The predicted molar refractivity (Wildman–Crippen MR) is 90.8 cm³/mol. The van der Waals surface area contributed by atoms with Crippen LogP contribution in [0.2, 0.25) is 10.0 Å². The van der Waals surface area contributed by atoms with E-state index in [1.54, 1.807) is 25.3 Å². The number of rotatable bonds is 2. The van der Waals surface area contributed by atoms with Gasteiger partial charge >= 0.3 is 5.97 Å². The molecule has 7 heteroatoms. The Balaban J connectivity index is 1.96. The molecular formula is C17H13Cl2NO4. The van der Waals surface area contributed by atoms with E-state index < -0.39 is 18.1 Å². The number of halogens is 2. The van der Waals surface area contributed by atoms with Gasteiger partial charge < -0.3 is 19.9 Å². The Hall–Kier alpha value is -2.11. The van der Waals surface area contributed by atoms with E-state index in [2.05, 4.69) is 5.32 Å². The van der Waals surface area contributed by atoms with Crippen LogP contribution in [0.1, 0.15) is 17.0 Å². The van der Waals surface area contributed by atoms with Gasteiger partial charge in [0.05, 0.1) is 13.0 Å². The van der Waals surface area contributed by atoms with Crippen LogP contribution in [-0.2, 0) is 4.79 Å². The molecule has 3 unspecified atom stereocenters. The predicted octanol–water partition coefficient (Wildman–Crippen LogP) is 3.77. The highest BCUT2D eigenvalue weighted by Gasteiger charge is 2.49. The van der Waals surface area contributed by atoms with Crippen LogP contribution in [0.15, 0.2) is 30.3 Å². The van der Waals surface area contributed by atoms with Crippen LogP contribution in [-0.4, -0.2) is 30.3 Å². The van der Waals surface area contributed by atoms with E-state index in [1.807, 2.05) is 12.1 Å². The van der Waals surface area contributed by atoms with Crippen molar-refractivity contribution in [2.24, 2.45) is 0 Å². The third kappa shape index (κ3) is 2.12. The van der Waals surface area contributed by atoms with Gasteiger partial charge in [-0.1, -0.05) is 35.3 Å². The number of para-hydroxylation sites is 1. The fourth-order valence-electron chi connectivity index (χ4n) is 3.50. The van der Waals surface area contributed by atoms with Gasteiger partial charge in [0, 0.05) is 26.9 Å². The van der Waals surface area contributed by atoms with E-state index in [0.29, 0.717) is 27.2 Å². The molecular weight excluding hydrogens is 353 g/mol. The van der Waals surface area contributed by atoms with Crippen molar-refractivity contribution in [2.75, 3.05) is 12.4 Å². The van der Waals surface area contributed by atoms with Crippen LogP contribution in [0.5, 0.6) is 11.5 Å². The molecule has 0 fully saturated rings. The lowest BCUT2D eigenvalue weighted by atomic mass is 9.81. The summed E-state index contributed by atoms with van der Waals surface area (Å²) in [6.45, 7) is 0. The maximum Gasteiger partial charge on any atom is 0.330 e. The van der Waals surface area contributed by atoms with Crippen molar-refractivity contribution in [3.8, 4) is 11.5 Å². The largest absolute Gasteiger partial charge is 0.493 e. The molecule has 2 N–H and O–H groups in total. The minimum Gasteiger partial charge on any atom is -0.493 e. The maximum absolute atomic E-state index is 11.7. The van der Waals surface area contributed by atoms with Crippen LogP contribution in [0, 0.1) is 0 Å². The number of benzene rings is 2. The number of methoxy groups -OCH3 is 1. The van der Waals surface area contributed by atoms with Gasteiger partial charge in [-0.2, -0.15) is 0 Å². The summed E-state index contributed by atoms with van der Waals surface area (Å²) in [7, 11) is 1.55. The Labute approximate surface area is 148 Å². The topological polar surface area (TPSA) is 67.8 Å². The van der Waals surface area contributed by atoms with Crippen molar-refractivity contribution in [3.63, 3.8) is 0 Å². The molecule has 0 saturated carbocycles. The molecule has 0 aliphatic carbocycles. The average Bonchev–Trinajstić information content (AvgIpc) is 2.92. The van der Waals surface area contributed by atoms with E-state index in [9.17, 15) is 9.90 Å². The first-order valence-electron chi connectivity index (χ1n) is 7.33. The van der Waals surface area contributed by atoms with Crippen molar-refractivity contribution in [1.29, 1.82) is 0 Å². The van der Waals surface area contributed by atoms with Crippen LogP contribution in [0.25, 0.3) is 0 Å². The second-order valence-electron chi connectivity index (χ2n) is 5.75. The highest BCUT2D eigenvalue weighted by atomic mass is 35.5. The third-order valence-corrected chi connectivity index (χ3v) is 4.99. The lowest BCUT2D eigenvalue weighted by Crippen LogP contribution is -2.48. The zero-order valence-corrected chi connectivity index (χ0v) is 14.1. The lowest BCUT2D eigenvalue weighted by molar-refractivity contribution is -0.140. The Morgan fingerprint density at radius 3 is 2.83 bits per heavy atom. The monoisotopic (exact) mass is 365 g/mol. The molecule has 3 atom stereocenters. The summed E-state index contributed by atoms with van der Waals surface area (Å²) >= 11 is 12.5. The first-order chi connectivity index (χ1) is 11.5. The molecule has 4 rings (SSSR count). The Morgan fingerprint density at radius 2 is 2.12 bits per heavy atom. The summed E-state index contributed by atoms with van der Waals surface area (Å²) in [6.07, 6.45) is -0.625. The second-order valence-corrected chi connectivity index (χ2v) is 6.59. The minimum absolute atomic E-state index is 0.308. The number of ether oxygens (including phenoxy) is 2. The molecule has 0 aromatic heterocycles. The number of hydrogen-bond donors (Lipinski definition) is 2. The number of anilines is 1. The van der Waals surface area contributed by atoms with Gasteiger partial charge in [0.2, 0.25) is 0 Å². The van der Waals surface area contributed by atoms with Gasteiger partial charge in [0.15, 0.2) is 17.5 Å². The first kappa shape index (κ1) is 15.4. The second kappa shape index (κ2) is 5.46. The zero-order chi connectivity index (χ0) is 17.0. The number of fused-ring (bicyclic) bond motifs is 5. The Kier molecular flexibility index (Phi) is 3.51. The summed E-state index contributed by atoms with van der Waals surface area (Å²) in [6, 6.07) is 7.96. The average molecular weight is 366 g/mol. The van der Waals surface area contributed by atoms with E-state index >= 15 is 0 Å². The van der Waals surface area contributed by atoms with E-state index in [0.717, 1.165) is 11.1 Å². The SMILES string of the molecule is COc1cccc2c1OC1C(C(=O)O)Nc3cc(Cl)cc(Cl)c3C21. The van der Waals surface area contributed by atoms with Crippen LogP contribution in [0.4, 0.5) is 5.69 Å². The fourth-order valence-corrected chi connectivity index (χ4v) is 4.11. The molecule has 5 nitrogen and oxygen atoms in total. The first-order valence-corrected chi connectivity index (χ1v) is 8.08. The number of nitrogens with one attached hydrogen (secondary N) is 1. The van der Waals surface area contributed by atoms with Crippen LogP contribution < -0.4 is 14.8 Å². The van der Waals surface area contributed by atoms with E-state index in [-0.39, 0.29) is 5.92 Å². The molecule has 0 spiro atoms. The molecule has 0 amide bonds. The van der Waals surface area contributed by atoms with Crippen molar-refractivity contribution in [1.82, 2.24) is 0 Å². The van der Waals surface area contributed by atoms with Crippen molar-refractivity contribution < 1.29 is 19.4 Å². The van der Waals surface area contributed by atoms with Gasteiger partial charge in [0.1, 0.15) is 6.10 Å². The van der Waals surface area contributed by atoms with Crippen LogP contribution >= 0.6 is 23.2 Å². The maximum atomic E-state index is 11.7. The molecule has 124 valence electrons. The minimum atomic E-state index is -1.00. The normalized spacial score (nSPS) is 23.4. The Bertz CT molecular complexity index is 855. The standard InChI is InChI=1S/C17H13Cl2NO4/c1-23-11-4-2-3-8-12-13-9(19)5-7(18)6-10(13)20-14(17(21)22)16(12)24-15(8)11/h2-6,12,14,16,20H,1H3,(H,21,22). The van der Waals surface area contributed by atoms with E-state index in [1.165, 1.54) is 0 Å². The van der Waals surface area contributed by atoms with Gasteiger partial charge in [-0.25, -0.2) is 4.79 Å². The fraction of sp³-hybridized carbons (Fsp3) is 0.235. The summed E-state index contributed by atoms with van der Waals surface area (Å²) in [5.41, 5.74) is 2.26. The summed E-state index contributed by atoms with van der Waals surface area (Å²) in [4.78, 5) is 11.7. The van der Waals surface area contributed by atoms with Gasteiger partial charge in [-0.15, -0.1) is 0 Å². The van der Waals surface area contributed by atoms with Gasteiger partial charge in [-0.05, 0) is 18.2 Å². The highest BCUT2D eigenvalue weighted by molar-refractivity contribution is 6.35. The molecule has 2 heterocycles. The van der Waals surface area contributed by atoms with Crippen LogP contribution in [0.3, 0.4) is 0 Å². The van der Waals surface area contributed by atoms with Crippen molar-refractivity contribution >= 4 is 34.9 Å². The smallest absolute Gasteiger partial charge is 0.330 e. The number of aliphatic carboxylic acids is 1. The number of hydrogen-bond acceptors (Lipinski definition) is 4. The quantitative estimate of drug-likeness (QED) is 0.847. The molecule has 0 bridgehead atoms. The zero-order valence-electron chi connectivity index (χ0n) is 12.5. The Morgan fingerprint density at radius 1 is 1.33 bits per heavy atom. The van der Waals surface area contributed by atoms with Gasteiger partial charge in [-0.3, -0.25) is 0 Å². The number of carboxylic acid groups (broad SMARTS) is 1. The third-order valence-electron chi connectivity index (χ3n) is 4.46. The summed E-state index contributed by atoms with van der Waals surface area (Å²) in [5.74, 6) is -0.185. The molecule has 0 saturated heterocycles. The van der Waals surface area contributed by atoms with Crippen molar-refractivity contribution in [2.45, 2.75) is 18.1 Å².